The average Bonchev–Trinajstić information content (AvgIpc) is 1.82. The molecule has 2 N–H and O–H groups in total. The smallest absolute Gasteiger partial charge is 0.222 e. The maximum atomic E-state index is 10.7. The van der Waals surface area contributed by atoms with Crippen LogP contribution in [0.5, 0.6) is 0 Å². The first kappa shape index (κ1) is 9.78. The zero-order valence-electron chi connectivity index (χ0n) is 6.00. The van der Waals surface area contributed by atoms with E-state index in [0.717, 1.165) is 0 Å². The number of amides is 1. The van der Waals surface area contributed by atoms with E-state index in [1.165, 1.54) is 0 Å². The molecule has 0 saturated heterocycles. The first-order valence-corrected chi connectivity index (χ1v) is 3.85. The second-order valence-corrected chi connectivity index (χ2v) is 2.57. The third-order valence-electron chi connectivity index (χ3n) is 0.915. The molecular formula is C6H13NO2S. The molecule has 0 saturated carbocycles. The third kappa shape index (κ3) is 5.91. The van der Waals surface area contributed by atoms with Crippen LogP contribution in [-0.2, 0) is 4.79 Å². The fourth-order valence-corrected chi connectivity index (χ4v) is 0.648. The van der Waals surface area contributed by atoms with Crippen molar-refractivity contribution in [1.29, 1.82) is 0 Å². The van der Waals surface area contributed by atoms with Crippen molar-refractivity contribution in [3.8, 4) is 0 Å². The fraction of sp³-hybridized carbons (Fsp3) is 0.833. The molecule has 0 heterocycles. The van der Waals surface area contributed by atoms with Crippen molar-refractivity contribution < 1.29 is 9.90 Å². The Morgan fingerprint density at radius 1 is 1.80 bits per heavy atom. The normalized spacial score (nSPS) is 12.7. The van der Waals surface area contributed by atoms with Gasteiger partial charge in [-0.2, -0.15) is 12.6 Å². The van der Waals surface area contributed by atoms with Gasteiger partial charge in [-0.25, -0.2) is 0 Å². The van der Waals surface area contributed by atoms with Gasteiger partial charge in [-0.15, -0.1) is 0 Å². The Hall–Kier alpha value is -0.220. The average molecular weight is 163 g/mol. The molecule has 1 amide bonds. The second-order valence-electron chi connectivity index (χ2n) is 2.13. The summed E-state index contributed by atoms with van der Waals surface area (Å²) in [6.45, 7) is 2.15. The van der Waals surface area contributed by atoms with Crippen molar-refractivity contribution in [2.24, 2.45) is 0 Å². The Labute approximate surface area is 66.2 Å². The Balaban J connectivity index is 3.26. The lowest BCUT2D eigenvalue weighted by Gasteiger charge is -2.03. The number of hydrogen-bond donors (Lipinski definition) is 3. The van der Waals surface area contributed by atoms with Crippen molar-refractivity contribution in [2.75, 3.05) is 12.3 Å². The minimum Gasteiger partial charge on any atom is -0.393 e. The van der Waals surface area contributed by atoms with Crippen molar-refractivity contribution in [2.45, 2.75) is 19.4 Å². The first-order chi connectivity index (χ1) is 4.66. The zero-order valence-corrected chi connectivity index (χ0v) is 6.90. The molecule has 3 nitrogen and oxygen atoms in total. The fourth-order valence-electron chi connectivity index (χ4n) is 0.536. The van der Waals surface area contributed by atoms with Crippen LogP contribution >= 0.6 is 12.6 Å². The SMILES string of the molecule is C[C@@H](O)CC(=O)NCCS. The molecule has 0 aliphatic heterocycles. The molecule has 0 aliphatic rings. The maximum Gasteiger partial charge on any atom is 0.222 e. The van der Waals surface area contributed by atoms with Crippen molar-refractivity contribution >= 4 is 18.5 Å². The van der Waals surface area contributed by atoms with E-state index in [0.29, 0.717) is 12.3 Å². The number of thiol groups is 1. The molecule has 0 radical (unpaired) electrons. The highest BCUT2D eigenvalue weighted by Crippen LogP contribution is 1.87. The van der Waals surface area contributed by atoms with Gasteiger partial charge in [0.25, 0.3) is 0 Å². The van der Waals surface area contributed by atoms with Crippen LogP contribution < -0.4 is 5.32 Å². The highest BCUT2D eigenvalue weighted by Gasteiger charge is 2.03. The summed E-state index contributed by atoms with van der Waals surface area (Å²) in [5.41, 5.74) is 0. The zero-order chi connectivity index (χ0) is 7.98. The predicted octanol–water partition coefficient (Wildman–Crippen LogP) is -0.197. The van der Waals surface area contributed by atoms with Crippen LogP contribution in [0.15, 0.2) is 0 Å². The van der Waals surface area contributed by atoms with E-state index in [1.54, 1.807) is 6.92 Å². The Morgan fingerprint density at radius 3 is 2.80 bits per heavy atom. The van der Waals surface area contributed by atoms with Crippen LogP contribution in [-0.4, -0.2) is 29.4 Å². The molecule has 0 aromatic carbocycles. The molecule has 0 aromatic rings. The lowest BCUT2D eigenvalue weighted by atomic mass is 10.3. The standard InChI is InChI=1S/C6H13NO2S/c1-5(8)4-6(9)7-2-3-10/h5,8,10H,2-4H2,1H3,(H,7,9)/t5-/m1/s1. The molecule has 0 fully saturated rings. The van der Waals surface area contributed by atoms with Crippen LogP contribution in [0.25, 0.3) is 0 Å². The minimum atomic E-state index is -0.556. The largest absolute Gasteiger partial charge is 0.393 e. The summed E-state index contributed by atoms with van der Waals surface area (Å²) in [5, 5.41) is 11.3. The van der Waals surface area contributed by atoms with Gasteiger partial charge in [0.1, 0.15) is 0 Å². The number of hydrogen-bond acceptors (Lipinski definition) is 3. The number of aliphatic hydroxyl groups excluding tert-OH is 1. The number of carbonyl (C=O) groups excluding carboxylic acids is 1. The molecule has 1 atom stereocenters. The Bertz CT molecular complexity index is 106. The van der Waals surface area contributed by atoms with E-state index in [1.807, 2.05) is 0 Å². The summed E-state index contributed by atoms with van der Waals surface area (Å²) in [4.78, 5) is 10.7. The number of aliphatic hydroxyl groups is 1. The van der Waals surface area contributed by atoms with E-state index in [-0.39, 0.29) is 12.3 Å². The third-order valence-corrected chi connectivity index (χ3v) is 1.14. The van der Waals surface area contributed by atoms with Gasteiger partial charge >= 0.3 is 0 Å². The van der Waals surface area contributed by atoms with E-state index in [4.69, 9.17) is 5.11 Å². The van der Waals surface area contributed by atoms with E-state index >= 15 is 0 Å². The van der Waals surface area contributed by atoms with Gasteiger partial charge in [0.05, 0.1) is 12.5 Å². The van der Waals surface area contributed by atoms with Crippen LogP contribution in [0, 0.1) is 0 Å². The summed E-state index contributed by atoms with van der Waals surface area (Å²) in [6, 6.07) is 0. The summed E-state index contributed by atoms with van der Waals surface area (Å²) in [5.74, 6) is 0.509. The summed E-state index contributed by atoms with van der Waals surface area (Å²) in [7, 11) is 0. The van der Waals surface area contributed by atoms with Crippen molar-refractivity contribution in [3.63, 3.8) is 0 Å². The molecule has 0 bridgehead atoms. The molecular weight excluding hydrogens is 150 g/mol. The molecule has 4 heteroatoms. The van der Waals surface area contributed by atoms with Gasteiger partial charge < -0.3 is 10.4 Å². The second kappa shape index (κ2) is 5.56. The number of carbonyl (C=O) groups is 1. The van der Waals surface area contributed by atoms with E-state index in [2.05, 4.69) is 17.9 Å². The lowest BCUT2D eigenvalue weighted by Crippen LogP contribution is -2.27. The van der Waals surface area contributed by atoms with Gasteiger partial charge in [-0.1, -0.05) is 0 Å². The maximum absolute atomic E-state index is 10.7. The first-order valence-electron chi connectivity index (χ1n) is 3.22. The van der Waals surface area contributed by atoms with Crippen LogP contribution in [0.2, 0.25) is 0 Å². The molecule has 0 aromatic heterocycles. The van der Waals surface area contributed by atoms with Gasteiger partial charge in [0.15, 0.2) is 0 Å². The molecule has 0 rings (SSSR count). The molecule has 60 valence electrons. The van der Waals surface area contributed by atoms with Crippen LogP contribution in [0.1, 0.15) is 13.3 Å². The van der Waals surface area contributed by atoms with E-state index < -0.39 is 6.10 Å². The van der Waals surface area contributed by atoms with Crippen LogP contribution in [0.4, 0.5) is 0 Å². The molecule has 0 spiro atoms. The van der Waals surface area contributed by atoms with Gasteiger partial charge in [-0.3, -0.25) is 4.79 Å². The lowest BCUT2D eigenvalue weighted by molar-refractivity contribution is -0.122. The number of nitrogens with one attached hydrogen (secondary N) is 1. The summed E-state index contributed by atoms with van der Waals surface area (Å²) >= 11 is 3.91. The quantitative estimate of drug-likeness (QED) is 0.503. The van der Waals surface area contributed by atoms with Gasteiger partial charge in [-0.05, 0) is 6.92 Å². The summed E-state index contributed by atoms with van der Waals surface area (Å²) in [6.07, 6.45) is -0.381. The monoisotopic (exact) mass is 163 g/mol. The Kier molecular flexibility index (Phi) is 5.43. The van der Waals surface area contributed by atoms with Crippen molar-refractivity contribution in [3.05, 3.63) is 0 Å². The molecule has 0 unspecified atom stereocenters. The Morgan fingerprint density at radius 2 is 2.40 bits per heavy atom. The topological polar surface area (TPSA) is 49.3 Å². The minimum absolute atomic E-state index is 0.121. The number of rotatable bonds is 4. The van der Waals surface area contributed by atoms with Gasteiger partial charge in [0, 0.05) is 12.3 Å². The molecule has 0 aliphatic carbocycles. The van der Waals surface area contributed by atoms with Crippen molar-refractivity contribution in [1.82, 2.24) is 5.32 Å². The highest BCUT2D eigenvalue weighted by molar-refractivity contribution is 7.80. The predicted molar refractivity (Wildman–Crippen MR) is 43.2 cm³/mol. The van der Waals surface area contributed by atoms with Crippen LogP contribution in [0.3, 0.4) is 0 Å². The highest BCUT2D eigenvalue weighted by atomic mass is 32.1. The summed E-state index contributed by atoms with van der Waals surface area (Å²) < 4.78 is 0. The van der Waals surface area contributed by atoms with E-state index in [9.17, 15) is 4.79 Å². The van der Waals surface area contributed by atoms with Gasteiger partial charge in [0.2, 0.25) is 5.91 Å². The molecule has 10 heavy (non-hydrogen) atoms.